The van der Waals surface area contributed by atoms with Gasteiger partial charge >= 0.3 is 12.4 Å². The van der Waals surface area contributed by atoms with Crippen LogP contribution in [-0.4, -0.2) is 24.8 Å². The Bertz CT molecular complexity index is 1140. The van der Waals surface area contributed by atoms with E-state index in [1.54, 1.807) is 6.08 Å². The van der Waals surface area contributed by atoms with Gasteiger partial charge in [0.15, 0.2) is 0 Å². The zero-order chi connectivity index (χ0) is 25.7. The minimum Gasteiger partial charge on any atom is -0.354 e. The molecule has 0 saturated heterocycles. The van der Waals surface area contributed by atoms with Crippen molar-refractivity contribution in [2.24, 2.45) is 15.5 Å². The first-order chi connectivity index (χ1) is 16.3. The Morgan fingerprint density at radius 2 is 1.54 bits per heavy atom. The Labute approximate surface area is 199 Å². The van der Waals surface area contributed by atoms with Crippen LogP contribution in [0.4, 0.5) is 26.3 Å². The number of hydrogen-bond donors (Lipinski definition) is 2. The predicted molar refractivity (Wildman–Crippen MR) is 126 cm³/mol. The van der Waals surface area contributed by atoms with Crippen molar-refractivity contribution in [1.29, 1.82) is 0 Å². The second-order valence-corrected chi connectivity index (χ2v) is 8.74. The van der Waals surface area contributed by atoms with Gasteiger partial charge in [0, 0.05) is 18.5 Å². The molecule has 0 spiro atoms. The summed E-state index contributed by atoms with van der Waals surface area (Å²) < 4.78 is 77.3. The van der Waals surface area contributed by atoms with Gasteiger partial charge in [-0.05, 0) is 47.5 Å². The van der Waals surface area contributed by atoms with Crippen molar-refractivity contribution in [3.8, 4) is 0 Å². The molecule has 1 heterocycles. The van der Waals surface area contributed by atoms with Crippen LogP contribution in [0.15, 0.2) is 70.8 Å². The van der Waals surface area contributed by atoms with Gasteiger partial charge in [-0.15, -0.1) is 0 Å². The first kappa shape index (κ1) is 26.1. The molecule has 0 saturated carbocycles. The molecule has 186 valence electrons. The van der Waals surface area contributed by atoms with Crippen LogP contribution in [0.5, 0.6) is 0 Å². The lowest BCUT2D eigenvalue weighted by atomic mass is 9.93. The number of alkyl halides is 6. The molecule has 1 aliphatic rings. The van der Waals surface area contributed by atoms with E-state index in [2.05, 4.69) is 34.7 Å². The Morgan fingerprint density at radius 3 is 2.11 bits per heavy atom. The van der Waals surface area contributed by atoms with Gasteiger partial charge in [-0.25, -0.2) is 5.43 Å². The van der Waals surface area contributed by atoms with E-state index in [0.717, 1.165) is 24.3 Å². The number of hydrogen-bond acceptors (Lipinski definition) is 4. The largest absolute Gasteiger partial charge is 0.416 e. The van der Waals surface area contributed by atoms with Crippen molar-refractivity contribution in [2.75, 3.05) is 13.1 Å². The summed E-state index contributed by atoms with van der Waals surface area (Å²) in [6.45, 7) is 5.36. The maximum Gasteiger partial charge on any atom is 0.416 e. The summed E-state index contributed by atoms with van der Waals surface area (Å²) in [5.74, 6) is 0.442. The van der Waals surface area contributed by atoms with Crippen molar-refractivity contribution >= 4 is 23.8 Å². The highest BCUT2D eigenvalue weighted by molar-refractivity contribution is 6.09. The van der Waals surface area contributed by atoms with E-state index in [4.69, 9.17) is 0 Å². The standard InChI is InChI=1S/C25H24F6N4/c1-23(2)15-32-22(33-16-23)35-34-21(12-8-17-6-10-19(11-7-17)24(26,27)28)13-9-18-4-3-5-20(14-18)25(29,30)31/h3-14H,15-16H2,1-2H3,(H2,32,33,35). The second kappa shape index (κ2) is 10.4. The fourth-order valence-electron chi connectivity index (χ4n) is 3.02. The maximum absolute atomic E-state index is 13.0. The van der Waals surface area contributed by atoms with Gasteiger partial charge in [0.1, 0.15) is 0 Å². The van der Waals surface area contributed by atoms with E-state index < -0.39 is 23.5 Å². The maximum atomic E-state index is 13.0. The zero-order valence-electron chi connectivity index (χ0n) is 19.0. The number of aliphatic imine (C=N–C) groups is 1. The molecule has 1 aliphatic heterocycles. The van der Waals surface area contributed by atoms with E-state index in [1.165, 1.54) is 42.5 Å². The first-order valence-corrected chi connectivity index (χ1v) is 10.6. The van der Waals surface area contributed by atoms with Crippen LogP contribution in [0.1, 0.15) is 36.1 Å². The molecule has 0 aliphatic carbocycles. The van der Waals surface area contributed by atoms with Gasteiger partial charge < -0.3 is 5.32 Å². The molecule has 0 bridgehead atoms. The van der Waals surface area contributed by atoms with Crippen LogP contribution in [0.2, 0.25) is 0 Å². The van der Waals surface area contributed by atoms with E-state index in [0.29, 0.717) is 35.9 Å². The van der Waals surface area contributed by atoms with Gasteiger partial charge in [0.2, 0.25) is 5.96 Å². The first-order valence-electron chi connectivity index (χ1n) is 10.6. The minimum absolute atomic E-state index is 0.0103. The molecular weight excluding hydrogens is 470 g/mol. The van der Waals surface area contributed by atoms with Crippen molar-refractivity contribution in [2.45, 2.75) is 26.2 Å². The molecule has 3 rings (SSSR count). The number of guanidine groups is 1. The number of benzene rings is 2. The average Bonchev–Trinajstić information content (AvgIpc) is 2.78. The molecule has 4 nitrogen and oxygen atoms in total. The van der Waals surface area contributed by atoms with Crippen LogP contribution in [-0.2, 0) is 12.4 Å². The smallest absolute Gasteiger partial charge is 0.354 e. The summed E-state index contributed by atoms with van der Waals surface area (Å²) in [6, 6.07) is 9.38. The summed E-state index contributed by atoms with van der Waals surface area (Å²) in [4.78, 5) is 4.37. The molecule has 0 amide bonds. The number of hydrazone groups is 1. The highest BCUT2D eigenvalue weighted by Crippen LogP contribution is 2.30. The van der Waals surface area contributed by atoms with E-state index in [-0.39, 0.29) is 5.41 Å². The molecule has 0 unspecified atom stereocenters. The van der Waals surface area contributed by atoms with Crippen molar-refractivity contribution in [3.63, 3.8) is 0 Å². The number of rotatable bonds is 5. The molecule has 2 N–H and O–H groups in total. The number of allylic oxidation sites excluding steroid dienone is 2. The number of nitrogens with zero attached hydrogens (tertiary/aromatic N) is 2. The zero-order valence-corrected chi connectivity index (χ0v) is 19.0. The van der Waals surface area contributed by atoms with Crippen LogP contribution in [0.3, 0.4) is 0 Å². The SMILES string of the molecule is CC1(C)CN=C(NN=C(C=Cc2ccc(C(F)(F)F)cc2)C=Cc2cccc(C(F)(F)F)c2)NC1. The quantitative estimate of drug-likeness (QED) is 0.288. The van der Waals surface area contributed by atoms with E-state index >= 15 is 0 Å². The summed E-state index contributed by atoms with van der Waals surface area (Å²) >= 11 is 0. The van der Waals surface area contributed by atoms with Crippen molar-refractivity contribution in [1.82, 2.24) is 10.7 Å². The normalized spacial score (nSPS) is 16.9. The third-order valence-electron chi connectivity index (χ3n) is 5.04. The Balaban J connectivity index is 1.83. The number of halogens is 6. The highest BCUT2D eigenvalue weighted by Gasteiger charge is 2.30. The van der Waals surface area contributed by atoms with Crippen molar-refractivity contribution < 1.29 is 26.3 Å². The summed E-state index contributed by atoms with van der Waals surface area (Å²) in [7, 11) is 0. The lowest BCUT2D eigenvalue weighted by Crippen LogP contribution is -2.46. The topological polar surface area (TPSA) is 48.8 Å². The number of nitrogens with one attached hydrogen (secondary N) is 2. The van der Waals surface area contributed by atoms with Crippen molar-refractivity contribution in [3.05, 3.63) is 82.9 Å². The third kappa shape index (κ3) is 8.01. The molecule has 0 fully saturated rings. The Kier molecular flexibility index (Phi) is 7.72. The van der Waals surface area contributed by atoms with Gasteiger partial charge in [-0.3, -0.25) is 4.99 Å². The van der Waals surface area contributed by atoms with Crippen LogP contribution in [0.25, 0.3) is 12.2 Å². The van der Waals surface area contributed by atoms with Crippen LogP contribution in [0, 0.1) is 5.41 Å². The van der Waals surface area contributed by atoms with Gasteiger partial charge in [-0.2, -0.15) is 31.4 Å². The second-order valence-electron chi connectivity index (χ2n) is 8.74. The molecule has 35 heavy (non-hydrogen) atoms. The molecular formula is C25H24F6N4. The van der Waals surface area contributed by atoms with Gasteiger partial charge in [0.25, 0.3) is 0 Å². The summed E-state index contributed by atoms with van der Waals surface area (Å²) in [5.41, 5.74) is 2.36. The molecule has 0 radical (unpaired) electrons. The molecule has 10 heteroatoms. The Morgan fingerprint density at radius 1 is 0.914 bits per heavy atom. The van der Waals surface area contributed by atoms with Gasteiger partial charge in [-0.1, -0.05) is 50.3 Å². The third-order valence-corrected chi connectivity index (χ3v) is 5.04. The molecule has 0 atom stereocenters. The fraction of sp³-hybridized carbons (Fsp3) is 0.280. The summed E-state index contributed by atoms with van der Waals surface area (Å²) in [6.07, 6.45) is -2.86. The highest BCUT2D eigenvalue weighted by atomic mass is 19.4. The minimum atomic E-state index is -4.47. The lowest BCUT2D eigenvalue weighted by Gasteiger charge is -2.28. The molecule has 2 aromatic carbocycles. The van der Waals surface area contributed by atoms with E-state index in [9.17, 15) is 26.3 Å². The monoisotopic (exact) mass is 494 g/mol. The molecule has 0 aromatic heterocycles. The molecule has 2 aromatic rings. The van der Waals surface area contributed by atoms with E-state index in [1.807, 2.05) is 0 Å². The van der Waals surface area contributed by atoms with Crippen LogP contribution >= 0.6 is 0 Å². The Hall–Kier alpha value is -3.56. The summed E-state index contributed by atoms with van der Waals surface area (Å²) in [5, 5.41) is 7.36. The van der Waals surface area contributed by atoms with Gasteiger partial charge in [0.05, 0.1) is 16.8 Å². The lowest BCUT2D eigenvalue weighted by molar-refractivity contribution is -0.138. The van der Waals surface area contributed by atoms with Crippen LogP contribution < -0.4 is 10.7 Å². The average molecular weight is 494 g/mol. The fourth-order valence-corrected chi connectivity index (χ4v) is 3.02. The predicted octanol–water partition coefficient (Wildman–Crippen LogP) is 6.38.